The average molecular weight is 443 g/mol. The fourth-order valence-electron chi connectivity index (χ4n) is 3.55. The van der Waals surface area contributed by atoms with Gasteiger partial charge in [-0.25, -0.2) is 9.97 Å². The molecule has 0 unspecified atom stereocenters. The summed E-state index contributed by atoms with van der Waals surface area (Å²) >= 11 is 3.07. The summed E-state index contributed by atoms with van der Waals surface area (Å²) in [6.45, 7) is 4.01. The van der Waals surface area contributed by atoms with Gasteiger partial charge in [-0.05, 0) is 56.7 Å². The summed E-state index contributed by atoms with van der Waals surface area (Å²) in [5.41, 5.74) is 4.18. The lowest BCUT2D eigenvalue weighted by Gasteiger charge is -2.11. The molecule has 1 aliphatic rings. The Labute approximate surface area is 184 Å². The van der Waals surface area contributed by atoms with E-state index in [1.165, 1.54) is 29.5 Å². The number of carbonyl (C=O) groups excluding carboxylic acids is 1. The number of hydrogen-bond donors (Lipinski definition) is 3. The standard InChI is InChI=1S/C22H26N4O2S2/c1-3-18(20(28)26-22-24-16-6-4-5-7-19(16)30-22)29-21-23-13(2)17(25-21)12-14-8-10-15(27)11-9-14/h8-11,18,27H,3-7,12H2,1-2H3,(H,23,25)(H,24,26,28)/t18-/m1/s1. The summed E-state index contributed by atoms with van der Waals surface area (Å²) in [5.74, 6) is 0.231. The van der Waals surface area contributed by atoms with Crippen LogP contribution in [0, 0.1) is 6.92 Å². The molecule has 158 valence electrons. The maximum absolute atomic E-state index is 12.8. The third-order valence-electron chi connectivity index (χ3n) is 5.26. The van der Waals surface area contributed by atoms with E-state index in [4.69, 9.17) is 4.98 Å². The molecule has 1 aromatic carbocycles. The first kappa shape index (κ1) is 20.9. The van der Waals surface area contributed by atoms with Gasteiger partial charge in [0.05, 0.1) is 16.6 Å². The Morgan fingerprint density at radius 2 is 2.03 bits per heavy atom. The van der Waals surface area contributed by atoms with Crippen molar-refractivity contribution in [1.82, 2.24) is 15.0 Å². The van der Waals surface area contributed by atoms with Crippen molar-refractivity contribution in [2.75, 3.05) is 5.32 Å². The minimum atomic E-state index is -0.238. The molecule has 30 heavy (non-hydrogen) atoms. The fraction of sp³-hybridized carbons (Fsp3) is 0.409. The predicted octanol–water partition coefficient (Wildman–Crippen LogP) is 4.86. The number of aromatic nitrogens is 3. The number of phenolic OH excluding ortho intramolecular Hbond substituents is 1. The van der Waals surface area contributed by atoms with E-state index in [1.807, 2.05) is 26.0 Å². The zero-order valence-electron chi connectivity index (χ0n) is 17.2. The number of aromatic amines is 1. The van der Waals surface area contributed by atoms with Crippen molar-refractivity contribution < 1.29 is 9.90 Å². The molecule has 0 aliphatic heterocycles. The minimum absolute atomic E-state index is 0.0252. The number of hydrogen-bond acceptors (Lipinski definition) is 6. The van der Waals surface area contributed by atoms with Crippen molar-refractivity contribution in [1.29, 1.82) is 0 Å². The van der Waals surface area contributed by atoms with E-state index in [0.717, 1.165) is 45.8 Å². The second kappa shape index (κ2) is 9.22. The first-order valence-corrected chi connectivity index (χ1v) is 12.0. The number of aryl methyl sites for hydroxylation is 3. The molecule has 0 radical (unpaired) electrons. The maximum atomic E-state index is 12.8. The highest BCUT2D eigenvalue weighted by Gasteiger charge is 2.23. The molecule has 0 saturated carbocycles. The average Bonchev–Trinajstić information content (AvgIpc) is 3.30. The second-order valence-corrected chi connectivity index (χ2v) is 9.83. The van der Waals surface area contributed by atoms with Gasteiger partial charge in [0, 0.05) is 17.0 Å². The van der Waals surface area contributed by atoms with Gasteiger partial charge in [0.15, 0.2) is 10.3 Å². The maximum Gasteiger partial charge on any atom is 0.239 e. The van der Waals surface area contributed by atoms with Crippen LogP contribution in [0.5, 0.6) is 5.75 Å². The van der Waals surface area contributed by atoms with Crippen molar-refractivity contribution in [3.63, 3.8) is 0 Å². The normalized spacial score (nSPS) is 14.3. The van der Waals surface area contributed by atoms with Crippen LogP contribution in [0.2, 0.25) is 0 Å². The first-order valence-electron chi connectivity index (χ1n) is 10.3. The summed E-state index contributed by atoms with van der Waals surface area (Å²) in [6, 6.07) is 7.15. The summed E-state index contributed by atoms with van der Waals surface area (Å²) in [4.78, 5) is 26.8. The van der Waals surface area contributed by atoms with Crippen LogP contribution in [0.15, 0.2) is 29.4 Å². The van der Waals surface area contributed by atoms with Gasteiger partial charge < -0.3 is 15.4 Å². The lowest BCUT2D eigenvalue weighted by Crippen LogP contribution is -2.24. The summed E-state index contributed by atoms with van der Waals surface area (Å²) < 4.78 is 0. The molecular weight excluding hydrogens is 416 g/mol. The number of amides is 1. The Kier molecular flexibility index (Phi) is 6.43. The first-order chi connectivity index (χ1) is 14.5. The molecular formula is C22H26N4O2S2. The number of aromatic hydroxyl groups is 1. The number of thiazole rings is 1. The van der Waals surface area contributed by atoms with Gasteiger partial charge in [0.25, 0.3) is 0 Å². The molecule has 0 bridgehead atoms. The monoisotopic (exact) mass is 442 g/mol. The van der Waals surface area contributed by atoms with Crippen LogP contribution in [0.3, 0.4) is 0 Å². The number of anilines is 1. The van der Waals surface area contributed by atoms with Gasteiger partial charge in [-0.15, -0.1) is 11.3 Å². The number of carbonyl (C=O) groups is 1. The summed E-state index contributed by atoms with van der Waals surface area (Å²) in [6.07, 6.45) is 5.86. The number of nitrogens with one attached hydrogen (secondary N) is 2. The Bertz CT molecular complexity index is 1000. The van der Waals surface area contributed by atoms with E-state index in [1.54, 1.807) is 23.5 Å². The van der Waals surface area contributed by atoms with E-state index in [9.17, 15) is 9.90 Å². The molecule has 0 spiro atoms. The van der Waals surface area contributed by atoms with Crippen molar-refractivity contribution in [3.8, 4) is 5.75 Å². The molecule has 3 N–H and O–H groups in total. The van der Waals surface area contributed by atoms with Gasteiger partial charge in [0.1, 0.15) is 5.75 Å². The van der Waals surface area contributed by atoms with E-state index in [2.05, 4.69) is 15.3 Å². The zero-order valence-corrected chi connectivity index (χ0v) is 18.8. The van der Waals surface area contributed by atoms with Crippen LogP contribution in [-0.4, -0.2) is 31.2 Å². The zero-order chi connectivity index (χ0) is 21.1. The number of H-pyrrole nitrogens is 1. The van der Waals surface area contributed by atoms with E-state index >= 15 is 0 Å². The highest BCUT2D eigenvalue weighted by atomic mass is 32.2. The van der Waals surface area contributed by atoms with E-state index in [0.29, 0.717) is 12.8 Å². The van der Waals surface area contributed by atoms with Crippen LogP contribution >= 0.6 is 23.1 Å². The number of imidazole rings is 1. The SMILES string of the molecule is CC[C@@H](Sc1nc(Cc2ccc(O)cc2)c(C)[nH]1)C(=O)Nc1nc2c(s1)CCCC2. The van der Waals surface area contributed by atoms with Crippen LogP contribution in [-0.2, 0) is 24.1 Å². The van der Waals surface area contributed by atoms with Crippen molar-refractivity contribution in [2.24, 2.45) is 0 Å². The molecule has 1 amide bonds. The van der Waals surface area contributed by atoms with E-state index < -0.39 is 0 Å². The molecule has 1 atom stereocenters. The Morgan fingerprint density at radius 1 is 1.27 bits per heavy atom. The molecule has 2 heterocycles. The quantitative estimate of drug-likeness (QED) is 0.455. The molecule has 6 nitrogen and oxygen atoms in total. The number of benzene rings is 1. The minimum Gasteiger partial charge on any atom is -0.508 e. The third-order valence-corrected chi connectivity index (χ3v) is 7.59. The molecule has 3 aromatic rings. The highest BCUT2D eigenvalue weighted by molar-refractivity contribution is 8.00. The number of thioether (sulfide) groups is 1. The van der Waals surface area contributed by atoms with Crippen LogP contribution in [0.25, 0.3) is 0 Å². The molecule has 0 saturated heterocycles. The molecule has 1 aliphatic carbocycles. The van der Waals surface area contributed by atoms with Crippen LogP contribution in [0.4, 0.5) is 5.13 Å². The van der Waals surface area contributed by atoms with Gasteiger partial charge in [-0.1, -0.05) is 30.8 Å². The van der Waals surface area contributed by atoms with Crippen LogP contribution in [0.1, 0.15) is 53.7 Å². The summed E-state index contributed by atoms with van der Waals surface area (Å²) in [7, 11) is 0. The fourth-order valence-corrected chi connectivity index (χ4v) is 5.58. The van der Waals surface area contributed by atoms with Gasteiger partial charge in [0.2, 0.25) is 5.91 Å². The number of fused-ring (bicyclic) bond motifs is 1. The van der Waals surface area contributed by atoms with Gasteiger partial charge >= 0.3 is 0 Å². The molecule has 4 rings (SSSR count). The lowest BCUT2D eigenvalue weighted by atomic mass is 10.0. The lowest BCUT2D eigenvalue weighted by molar-refractivity contribution is -0.115. The van der Waals surface area contributed by atoms with Gasteiger partial charge in [-0.2, -0.15) is 0 Å². The van der Waals surface area contributed by atoms with Crippen molar-refractivity contribution in [3.05, 3.63) is 51.8 Å². The molecule has 8 heteroatoms. The van der Waals surface area contributed by atoms with E-state index in [-0.39, 0.29) is 16.9 Å². The van der Waals surface area contributed by atoms with Crippen LogP contribution < -0.4 is 5.32 Å². The molecule has 2 aromatic heterocycles. The topological polar surface area (TPSA) is 90.9 Å². The number of rotatable bonds is 7. The Hall–Kier alpha value is -2.32. The predicted molar refractivity (Wildman–Crippen MR) is 122 cm³/mol. The highest BCUT2D eigenvalue weighted by Crippen LogP contribution is 2.31. The van der Waals surface area contributed by atoms with Crippen molar-refractivity contribution >= 4 is 34.1 Å². The Morgan fingerprint density at radius 3 is 2.77 bits per heavy atom. The molecule has 0 fully saturated rings. The van der Waals surface area contributed by atoms with Crippen molar-refractivity contribution in [2.45, 2.75) is 62.8 Å². The summed E-state index contributed by atoms with van der Waals surface area (Å²) in [5, 5.41) is 13.7. The smallest absolute Gasteiger partial charge is 0.239 e. The van der Waals surface area contributed by atoms with Gasteiger partial charge in [-0.3, -0.25) is 4.79 Å². The largest absolute Gasteiger partial charge is 0.508 e. The third kappa shape index (κ3) is 4.87. The number of phenols is 1. The second-order valence-electron chi connectivity index (χ2n) is 7.56. The Balaban J connectivity index is 1.41. The number of nitrogens with zero attached hydrogens (tertiary/aromatic N) is 2.